The molecule has 1 N–H and O–H groups in total. The van der Waals surface area contributed by atoms with E-state index in [0.717, 1.165) is 17.0 Å². The van der Waals surface area contributed by atoms with Crippen molar-refractivity contribution in [1.82, 2.24) is 10.3 Å². The first-order valence-corrected chi connectivity index (χ1v) is 6.80. The largest absolute Gasteiger partial charge is 0.317 e. The highest BCUT2D eigenvalue weighted by Crippen LogP contribution is 2.36. The van der Waals surface area contributed by atoms with Gasteiger partial charge in [0.05, 0.1) is 0 Å². The fraction of sp³-hybridized carbons (Fsp3) is 0.700. The maximum absolute atomic E-state index is 4.49. The van der Waals surface area contributed by atoms with Gasteiger partial charge < -0.3 is 5.32 Å². The molecule has 0 bridgehead atoms. The van der Waals surface area contributed by atoms with Gasteiger partial charge in [0.15, 0.2) is 0 Å². The summed E-state index contributed by atoms with van der Waals surface area (Å²) >= 11 is 3.74. The number of nitrogens with one attached hydrogen (secondary N) is 1. The normalized spacial score (nSPS) is 27.0. The fourth-order valence-corrected chi connectivity index (χ4v) is 4.20. The number of rotatable bonds is 3. The lowest BCUT2D eigenvalue weighted by Crippen LogP contribution is -2.21. The second-order valence-corrected chi connectivity index (χ2v) is 6.20. The van der Waals surface area contributed by atoms with Gasteiger partial charge in [-0.2, -0.15) is 0 Å². The Morgan fingerprint density at radius 3 is 3.00 bits per heavy atom. The SMILES string of the molecule is CNC1CCC(Sc2nc(C)cs2)C1. The summed E-state index contributed by atoms with van der Waals surface area (Å²) < 4.78 is 1.24. The summed E-state index contributed by atoms with van der Waals surface area (Å²) in [5.41, 5.74) is 1.15. The van der Waals surface area contributed by atoms with Crippen LogP contribution in [0.2, 0.25) is 0 Å². The first-order chi connectivity index (χ1) is 6.78. The molecule has 4 heteroatoms. The molecule has 0 aliphatic heterocycles. The highest BCUT2D eigenvalue weighted by atomic mass is 32.2. The average Bonchev–Trinajstić information content (AvgIpc) is 2.76. The first kappa shape index (κ1) is 10.5. The van der Waals surface area contributed by atoms with Crippen molar-refractivity contribution in [2.45, 2.75) is 41.8 Å². The van der Waals surface area contributed by atoms with Gasteiger partial charge in [-0.25, -0.2) is 4.98 Å². The van der Waals surface area contributed by atoms with Crippen LogP contribution in [0.1, 0.15) is 25.0 Å². The molecule has 1 aromatic heterocycles. The summed E-state index contributed by atoms with van der Waals surface area (Å²) in [6.45, 7) is 2.06. The van der Waals surface area contributed by atoms with Gasteiger partial charge in [-0.05, 0) is 33.2 Å². The van der Waals surface area contributed by atoms with Gasteiger partial charge >= 0.3 is 0 Å². The minimum absolute atomic E-state index is 0.730. The van der Waals surface area contributed by atoms with Crippen LogP contribution in [0.4, 0.5) is 0 Å². The second-order valence-electron chi connectivity index (χ2n) is 3.79. The molecule has 1 aliphatic carbocycles. The van der Waals surface area contributed by atoms with Crippen LogP contribution in [0.5, 0.6) is 0 Å². The van der Waals surface area contributed by atoms with Crippen molar-refractivity contribution in [1.29, 1.82) is 0 Å². The Bertz CT molecular complexity index is 298. The number of aromatic nitrogens is 1. The molecule has 0 amide bonds. The lowest BCUT2D eigenvalue weighted by molar-refractivity contribution is 0.583. The molecule has 78 valence electrons. The van der Waals surface area contributed by atoms with E-state index in [9.17, 15) is 0 Å². The number of aryl methyl sites for hydroxylation is 1. The van der Waals surface area contributed by atoms with Crippen LogP contribution >= 0.6 is 23.1 Å². The van der Waals surface area contributed by atoms with E-state index in [0.29, 0.717) is 0 Å². The zero-order valence-electron chi connectivity index (χ0n) is 8.62. The topological polar surface area (TPSA) is 24.9 Å². The molecule has 1 saturated carbocycles. The Labute approximate surface area is 93.5 Å². The summed E-state index contributed by atoms with van der Waals surface area (Å²) in [5, 5.41) is 6.26. The molecule has 2 nitrogen and oxygen atoms in total. The van der Waals surface area contributed by atoms with Gasteiger partial charge in [-0.15, -0.1) is 11.3 Å². The predicted octanol–water partition coefficient (Wildman–Crippen LogP) is 2.68. The van der Waals surface area contributed by atoms with Crippen LogP contribution in [0.25, 0.3) is 0 Å². The molecular formula is C10H16N2S2. The third-order valence-electron chi connectivity index (χ3n) is 2.66. The van der Waals surface area contributed by atoms with E-state index in [1.54, 1.807) is 11.3 Å². The third-order valence-corrected chi connectivity index (χ3v) is 5.04. The maximum atomic E-state index is 4.49. The van der Waals surface area contributed by atoms with E-state index in [1.165, 1.54) is 23.6 Å². The quantitative estimate of drug-likeness (QED) is 0.861. The van der Waals surface area contributed by atoms with Crippen molar-refractivity contribution >= 4 is 23.1 Å². The highest BCUT2D eigenvalue weighted by molar-refractivity contribution is 8.01. The van der Waals surface area contributed by atoms with Gasteiger partial charge in [0, 0.05) is 22.4 Å². The van der Waals surface area contributed by atoms with Crippen molar-refractivity contribution in [3.05, 3.63) is 11.1 Å². The van der Waals surface area contributed by atoms with E-state index < -0.39 is 0 Å². The summed E-state index contributed by atoms with van der Waals surface area (Å²) in [6.07, 6.45) is 3.94. The summed E-state index contributed by atoms with van der Waals surface area (Å²) in [4.78, 5) is 4.49. The Morgan fingerprint density at radius 2 is 2.43 bits per heavy atom. The molecule has 1 aliphatic rings. The van der Waals surface area contributed by atoms with Gasteiger partial charge in [-0.1, -0.05) is 11.8 Å². The molecule has 0 aromatic carbocycles. The number of hydrogen-bond donors (Lipinski definition) is 1. The highest BCUT2D eigenvalue weighted by Gasteiger charge is 2.24. The van der Waals surface area contributed by atoms with Crippen LogP contribution < -0.4 is 5.32 Å². The lowest BCUT2D eigenvalue weighted by Gasteiger charge is -2.08. The number of hydrogen-bond acceptors (Lipinski definition) is 4. The molecule has 0 saturated heterocycles. The fourth-order valence-electron chi connectivity index (χ4n) is 1.84. The van der Waals surface area contributed by atoms with Crippen LogP contribution in [-0.2, 0) is 0 Å². The smallest absolute Gasteiger partial charge is 0.150 e. The molecule has 1 aromatic rings. The van der Waals surface area contributed by atoms with Gasteiger partial charge in [0.25, 0.3) is 0 Å². The van der Waals surface area contributed by atoms with Crippen molar-refractivity contribution in [3.8, 4) is 0 Å². The standard InChI is InChI=1S/C10H16N2S2/c1-7-6-13-10(12-7)14-9-4-3-8(5-9)11-2/h6,8-9,11H,3-5H2,1-2H3. The average molecular weight is 228 g/mol. The summed E-state index contributed by atoms with van der Waals surface area (Å²) in [6, 6.07) is 0.730. The number of thiazole rings is 1. The Hall–Kier alpha value is -0.0600. The van der Waals surface area contributed by atoms with Crippen LogP contribution in [-0.4, -0.2) is 23.3 Å². The van der Waals surface area contributed by atoms with E-state index >= 15 is 0 Å². The van der Waals surface area contributed by atoms with Crippen LogP contribution in [0, 0.1) is 6.92 Å². The number of thioether (sulfide) groups is 1. The Kier molecular flexibility index (Phi) is 3.47. The van der Waals surface area contributed by atoms with E-state index in [1.807, 2.05) is 11.8 Å². The molecule has 0 radical (unpaired) electrons. The third kappa shape index (κ3) is 2.49. The molecule has 14 heavy (non-hydrogen) atoms. The minimum Gasteiger partial charge on any atom is -0.317 e. The van der Waals surface area contributed by atoms with Crippen molar-refractivity contribution < 1.29 is 0 Å². The number of nitrogens with zero attached hydrogens (tertiary/aromatic N) is 1. The van der Waals surface area contributed by atoms with E-state index in [-0.39, 0.29) is 0 Å². The second kappa shape index (κ2) is 4.64. The first-order valence-electron chi connectivity index (χ1n) is 5.04. The maximum Gasteiger partial charge on any atom is 0.150 e. The van der Waals surface area contributed by atoms with Gasteiger partial charge in [0.1, 0.15) is 4.34 Å². The lowest BCUT2D eigenvalue weighted by atomic mass is 10.3. The van der Waals surface area contributed by atoms with Crippen molar-refractivity contribution in [2.24, 2.45) is 0 Å². The molecule has 1 heterocycles. The molecular weight excluding hydrogens is 212 g/mol. The van der Waals surface area contributed by atoms with Crippen molar-refractivity contribution in [3.63, 3.8) is 0 Å². The molecule has 2 rings (SSSR count). The summed E-state index contributed by atoms with van der Waals surface area (Å²) in [5.74, 6) is 0. The molecule has 2 atom stereocenters. The monoisotopic (exact) mass is 228 g/mol. The minimum atomic E-state index is 0.730. The zero-order valence-corrected chi connectivity index (χ0v) is 10.3. The van der Waals surface area contributed by atoms with E-state index in [2.05, 4.69) is 29.7 Å². The molecule has 0 spiro atoms. The zero-order chi connectivity index (χ0) is 9.97. The Morgan fingerprint density at radius 1 is 1.57 bits per heavy atom. The van der Waals surface area contributed by atoms with Crippen LogP contribution in [0.3, 0.4) is 0 Å². The Balaban J connectivity index is 1.87. The van der Waals surface area contributed by atoms with Gasteiger partial charge in [-0.3, -0.25) is 0 Å². The molecule has 2 unspecified atom stereocenters. The predicted molar refractivity (Wildman–Crippen MR) is 63.2 cm³/mol. The van der Waals surface area contributed by atoms with Gasteiger partial charge in [0.2, 0.25) is 0 Å². The van der Waals surface area contributed by atoms with Crippen molar-refractivity contribution in [2.75, 3.05) is 7.05 Å². The van der Waals surface area contributed by atoms with Crippen LogP contribution in [0.15, 0.2) is 9.72 Å². The van der Waals surface area contributed by atoms with E-state index in [4.69, 9.17) is 0 Å². The summed E-state index contributed by atoms with van der Waals surface area (Å²) in [7, 11) is 2.06. The molecule has 1 fully saturated rings.